The Kier molecular flexibility index (Phi) is 5.79. The van der Waals surface area contributed by atoms with Crippen molar-refractivity contribution in [2.75, 3.05) is 13.1 Å². The lowest BCUT2D eigenvalue weighted by Crippen LogP contribution is -2.41. The van der Waals surface area contributed by atoms with Crippen LogP contribution in [0.1, 0.15) is 48.9 Å². The maximum absolute atomic E-state index is 13.8. The van der Waals surface area contributed by atoms with Gasteiger partial charge in [0.25, 0.3) is 5.91 Å². The number of para-hydroxylation sites is 1. The third kappa shape index (κ3) is 4.42. The summed E-state index contributed by atoms with van der Waals surface area (Å²) in [6, 6.07) is 11.8. The largest absolute Gasteiger partial charge is 0.487 e. The molecule has 0 spiro atoms. The van der Waals surface area contributed by atoms with Gasteiger partial charge in [-0.15, -0.1) is 0 Å². The zero-order valence-electron chi connectivity index (χ0n) is 16.6. The van der Waals surface area contributed by atoms with Crippen molar-refractivity contribution in [3.8, 4) is 5.75 Å². The van der Waals surface area contributed by atoms with Crippen molar-refractivity contribution in [3.05, 3.63) is 59.7 Å². The van der Waals surface area contributed by atoms with Crippen LogP contribution < -0.4 is 4.74 Å². The fourth-order valence-corrected chi connectivity index (χ4v) is 3.62. The summed E-state index contributed by atoms with van der Waals surface area (Å²) in [7, 11) is 0. The van der Waals surface area contributed by atoms with Crippen LogP contribution in [0.5, 0.6) is 5.75 Å². The molecule has 1 amide bonds. The Morgan fingerprint density at radius 2 is 2.03 bits per heavy atom. The highest BCUT2D eigenvalue weighted by Gasteiger charge is 2.25. The molecule has 1 saturated heterocycles. The number of ether oxygens (including phenoxy) is 1. The van der Waals surface area contributed by atoms with Gasteiger partial charge < -0.3 is 14.1 Å². The number of carbonyl (C=O) groups is 1. The molecule has 0 unspecified atom stereocenters. The summed E-state index contributed by atoms with van der Waals surface area (Å²) < 4.78 is 25.3. The van der Waals surface area contributed by atoms with Crippen molar-refractivity contribution in [2.45, 2.75) is 45.1 Å². The molecule has 2 heterocycles. The molecule has 6 heteroatoms. The van der Waals surface area contributed by atoms with E-state index in [0.717, 1.165) is 30.7 Å². The van der Waals surface area contributed by atoms with Gasteiger partial charge in [-0.25, -0.2) is 9.37 Å². The van der Waals surface area contributed by atoms with Crippen LogP contribution >= 0.6 is 0 Å². The summed E-state index contributed by atoms with van der Waals surface area (Å²) in [6.07, 6.45) is 4.18. The lowest BCUT2D eigenvalue weighted by Gasteiger charge is -2.32. The molecule has 1 fully saturated rings. The van der Waals surface area contributed by atoms with E-state index < -0.39 is 0 Å². The van der Waals surface area contributed by atoms with Gasteiger partial charge >= 0.3 is 0 Å². The molecule has 1 aliphatic heterocycles. The van der Waals surface area contributed by atoms with Gasteiger partial charge in [0.15, 0.2) is 23.0 Å². The molecule has 2 aromatic carbocycles. The first kappa shape index (κ1) is 19.4. The maximum atomic E-state index is 13.8. The number of aryl methyl sites for hydroxylation is 1. The van der Waals surface area contributed by atoms with Crippen molar-refractivity contribution < 1.29 is 18.3 Å². The average Bonchev–Trinajstić information content (AvgIpc) is 3.16. The molecule has 1 aromatic heterocycles. The number of aromatic nitrogens is 1. The smallest absolute Gasteiger partial charge is 0.253 e. The number of rotatable bonds is 6. The van der Waals surface area contributed by atoms with Crippen LogP contribution in [0.15, 0.2) is 46.9 Å². The number of piperidine rings is 1. The first-order valence-electron chi connectivity index (χ1n) is 10.2. The standard InChI is InChI=1S/C23H25FN2O3/c1-2-3-8-22-25-19-15-16(9-10-21(19)29-22)23(27)26-13-11-17(12-14-26)28-20-7-5-4-6-18(20)24/h4-7,9-10,15,17H,2-3,8,11-14H2,1H3. The van der Waals surface area contributed by atoms with E-state index in [9.17, 15) is 9.18 Å². The highest BCUT2D eigenvalue weighted by molar-refractivity contribution is 5.97. The number of hydrogen-bond acceptors (Lipinski definition) is 4. The van der Waals surface area contributed by atoms with Gasteiger partial charge in [-0.3, -0.25) is 4.79 Å². The average molecular weight is 396 g/mol. The van der Waals surface area contributed by atoms with Gasteiger partial charge in [-0.05, 0) is 36.8 Å². The minimum Gasteiger partial charge on any atom is -0.487 e. The quantitative estimate of drug-likeness (QED) is 0.589. The van der Waals surface area contributed by atoms with Crippen molar-refractivity contribution in [3.63, 3.8) is 0 Å². The van der Waals surface area contributed by atoms with Crippen LogP contribution in [-0.4, -0.2) is 35.0 Å². The normalized spacial score (nSPS) is 15.0. The van der Waals surface area contributed by atoms with Gasteiger partial charge in [0.05, 0.1) is 0 Å². The van der Waals surface area contributed by atoms with Gasteiger partial charge in [0.1, 0.15) is 11.6 Å². The summed E-state index contributed by atoms with van der Waals surface area (Å²) in [5, 5.41) is 0. The molecule has 0 N–H and O–H groups in total. The number of hydrogen-bond donors (Lipinski definition) is 0. The summed E-state index contributed by atoms with van der Waals surface area (Å²) in [6.45, 7) is 3.29. The predicted molar refractivity (Wildman–Crippen MR) is 109 cm³/mol. The second-order valence-corrected chi connectivity index (χ2v) is 7.43. The number of oxazole rings is 1. The van der Waals surface area contributed by atoms with E-state index in [2.05, 4.69) is 11.9 Å². The van der Waals surface area contributed by atoms with Crippen LogP contribution in [0.2, 0.25) is 0 Å². The van der Waals surface area contributed by atoms with E-state index in [1.807, 2.05) is 11.0 Å². The number of nitrogens with zero attached hydrogens (tertiary/aromatic N) is 2. The van der Waals surface area contributed by atoms with E-state index in [-0.39, 0.29) is 23.6 Å². The fraction of sp³-hybridized carbons (Fsp3) is 0.391. The molecule has 1 aliphatic rings. The van der Waals surface area contributed by atoms with Crippen LogP contribution in [0, 0.1) is 5.82 Å². The highest BCUT2D eigenvalue weighted by Crippen LogP contribution is 2.24. The van der Waals surface area contributed by atoms with Crippen molar-refractivity contribution >= 4 is 17.0 Å². The number of amides is 1. The van der Waals surface area contributed by atoms with Crippen LogP contribution in [-0.2, 0) is 6.42 Å². The topological polar surface area (TPSA) is 55.6 Å². The Hall–Kier alpha value is -2.89. The molecular formula is C23H25FN2O3. The van der Waals surface area contributed by atoms with Crippen LogP contribution in [0.3, 0.4) is 0 Å². The fourth-order valence-electron chi connectivity index (χ4n) is 3.62. The number of benzene rings is 2. The van der Waals surface area contributed by atoms with E-state index in [4.69, 9.17) is 9.15 Å². The Morgan fingerprint density at radius 3 is 2.79 bits per heavy atom. The number of unbranched alkanes of at least 4 members (excludes halogenated alkanes) is 1. The molecule has 0 bridgehead atoms. The van der Waals surface area contributed by atoms with Crippen molar-refractivity contribution in [2.24, 2.45) is 0 Å². The van der Waals surface area contributed by atoms with E-state index in [1.165, 1.54) is 6.07 Å². The number of halogens is 1. The third-order valence-electron chi connectivity index (χ3n) is 5.28. The second-order valence-electron chi connectivity index (χ2n) is 7.43. The summed E-state index contributed by atoms with van der Waals surface area (Å²) in [4.78, 5) is 19.2. The molecule has 0 aliphatic carbocycles. The molecule has 0 saturated carbocycles. The van der Waals surface area contributed by atoms with Gasteiger partial charge in [0.2, 0.25) is 0 Å². The molecule has 0 atom stereocenters. The van der Waals surface area contributed by atoms with Crippen molar-refractivity contribution in [1.29, 1.82) is 0 Å². The van der Waals surface area contributed by atoms with Crippen LogP contribution in [0.4, 0.5) is 4.39 Å². The minimum atomic E-state index is -0.356. The Balaban J connectivity index is 1.38. The van der Waals surface area contributed by atoms with E-state index >= 15 is 0 Å². The first-order chi connectivity index (χ1) is 14.1. The summed E-state index contributed by atoms with van der Waals surface area (Å²) >= 11 is 0. The number of carbonyl (C=O) groups excluding carboxylic acids is 1. The van der Waals surface area contributed by atoms with Crippen molar-refractivity contribution in [1.82, 2.24) is 9.88 Å². The van der Waals surface area contributed by atoms with E-state index in [0.29, 0.717) is 37.1 Å². The lowest BCUT2D eigenvalue weighted by atomic mass is 10.1. The molecular weight excluding hydrogens is 371 g/mol. The summed E-state index contributed by atoms with van der Waals surface area (Å²) in [5.74, 6) is 0.616. The van der Waals surface area contributed by atoms with Gasteiger partial charge in [-0.1, -0.05) is 25.5 Å². The summed E-state index contributed by atoms with van der Waals surface area (Å²) in [5.41, 5.74) is 2.05. The molecule has 29 heavy (non-hydrogen) atoms. The second kappa shape index (κ2) is 8.64. The molecule has 0 radical (unpaired) electrons. The monoisotopic (exact) mass is 396 g/mol. The Morgan fingerprint density at radius 1 is 1.24 bits per heavy atom. The SMILES string of the molecule is CCCCc1nc2cc(C(=O)N3CCC(Oc4ccccc4F)CC3)ccc2o1. The molecule has 3 aromatic rings. The third-order valence-corrected chi connectivity index (χ3v) is 5.28. The minimum absolute atomic E-state index is 0.0191. The Labute approximate surface area is 169 Å². The molecule has 5 nitrogen and oxygen atoms in total. The lowest BCUT2D eigenvalue weighted by molar-refractivity contribution is 0.0588. The number of fused-ring (bicyclic) bond motifs is 1. The molecule has 4 rings (SSSR count). The Bertz CT molecular complexity index is 993. The van der Waals surface area contributed by atoms with Gasteiger partial charge in [-0.2, -0.15) is 0 Å². The maximum Gasteiger partial charge on any atom is 0.253 e. The predicted octanol–water partition coefficient (Wildman–Crippen LogP) is 4.99. The number of likely N-dealkylation sites (tertiary alicyclic amines) is 1. The van der Waals surface area contributed by atoms with Crippen LogP contribution in [0.25, 0.3) is 11.1 Å². The first-order valence-corrected chi connectivity index (χ1v) is 10.2. The van der Waals surface area contributed by atoms with Gasteiger partial charge in [0, 0.05) is 37.9 Å². The molecule has 152 valence electrons. The zero-order valence-corrected chi connectivity index (χ0v) is 16.6. The van der Waals surface area contributed by atoms with E-state index in [1.54, 1.807) is 30.3 Å². The zero-order chi connectivity index (χ0) is 20.2. The highest BCUT2D eigenvalue weighted by atomic mass is 19.1.